The van der Waals surface area contributed by atoms with E-state index in [1.165, 1.54) is 25.7 Å². The molecule has 4 heteroatoms. The third-order valence-corrected chi connectivity index (χ3v) is 4.80. The zero-order chi connectivity index (χ0) is 9.47. The van der Waals surface area contributed by atoms with Gasteiger partial charge in [0.15, 0.2) is 0 Å². The van der Waals surface area contributed by atoms with Crippen molar-refractivity contribution in [3.05, 3.63) is 0 Å². The highest BCUT2D eigenvalue weighted by Crippen LogP contribution is 2.49. The van der Waals surface area contributed by atoms with E-state index in [0.717, 1.165) is 12.3 Å². The van der Waals surface area contributed by atoms with Crippen molar-refractivity contribution in [2.75, 3.05) is 5.75 Å². The molecule has 2 fully saturated rings. The Morgan fingerprint density at radius 1 is 1.23 bits per heavy atom. The van der Waals surface area contributed by atoms with E-state index in [-0.39, 0.29) is 5.75 Å². The van der Waals surface area contributed by atoms with Crippen LogP contribution in [0.1, 0.15) is 32.1 Å². The van der Waals surface area contributed by atoms with Crippen LogP contribution in [0.5, 0.6) is 0 Å². The van der Waals surface area contributed by atoms with Crippen molar-refractivity contribution in [2.24, 2.45) is 17.8 Å². The first-order valence-electron chi connectivity index (χ1n) is 4.98. The van der Waals surface area contributed by atoms with Crippen LogP contribution in [-0.2, 0) is 9.05 Å². The van der Waals surface area contributed by atoms with Gasteiger partial charge >= 0.3 is 0 Å². The Morgan fingerprint density at radius 3 is 2.54 bits per heavy atom. The maximum Gasteiger partial charge on any atom is 0.232 e. The van der Waals surface area contributed by atoms with Crippen molar-refractivity contribution in [3.8, 4) is 0 Å². The van der Waals surface area contributed by atoms with Crippen molar-refractivity contribution in [1.82, 2.24) is 0 Å². The van der Waals surface area contributed by atoms with Gasteiger partial charge in [0.2, 0.25) is 9.05 Å². The van der Waals surface area contributed by atoms with Gasteiger partial charge in [0, 0.05) is 10.7 Å². The van der Waals surface area contributed by atoms with Gasteiger partial charge in [-0.15, -0.1) is 0 Å². The lowest BCUT2D eigenvalue weighted by Crippen LogP contribution is -2.41. The molecule has 2 aliphatic carbocycles. The lowest BCUT2D eigenvalue weighted by Gasteiger charge is -2.47. The van der Waals surface area contributed by atoms with Crippen molar-refractivity contribution < 1.29 is 8.42 Å². The largest absolute Gasteiger partial charge is 0.232 e. The summed E-state index contributed by atoms with van der Waals surface area (Å²) >= 11 is 0. The molecular weight excluding hydrogens is 208 g/mol. The third-order valence-electron chi connectivity index (χ3n) is 3.59. The van der Waals surface area contributed by atoms with Crippen LogP contribution in [0.3, 0.4) is 0 Å². The van der Waals surface area contributed by atoms with Gasteiger partial charge in [-0.05, 0) is 30.6 Å². The van der Waals surface area contributed by atoms with Crippen LogP contribution in [0.25, 0.3) is 0 Å². The van der Waals surface area contributed by atoms with E-state index in [4.69, 9.17) is 10.7 Å². The zero-order valence-electron chi connectivity index (χ0n) is 7.58. The number of hydrogen-bond acceptors (Lipinski definition) is 2. The molecule has 0 aliphatic heterocycles. The van der Waals surface area contributed by atoms with Gasteiger partial charge in [-0.1, -0.05) is 19.3 Å². The number of hydrogen-bond donors (Lipinski definition) is 0. The summed E-state index contributed by atoms with van der Waals surface area (Å²) in [6, 6.07) is 0. The first kappa shape index (κ1) is 9.78. The van der Waals surface area contributed by atoms with E-state index < -0.39 is 9.05 Å². The number of rotatable bonds is 2. The molecule has 2 aliphatic rings. The smallest absolute Gasteiger partial charge is 0.212 e. The molecule has 0 radical (unpaired) electrons. The van der Waals surface area contributed by atoms with Crippen LogP contribution in [0.2, 0.25) is 0 Å². The number of halogens is 1. The Kier molecular flexibility index (Phi) is 2.58. The molecule has 13 heavy (non-hydrogen) atoms. The predicted octanol–water partition coefficient (Wildman–Crippen LogP) is 2.38. The molecule has 0 unspecified atom stereocenters. The summed E-state index contributed by atoms with van der Waals surface area (Å²) in [6.07, 6.45) is 6.24. The average molecular weight is 223 g/mol. The fourth-order valence-electron chi connectivity index (χ4n) is 2.96. The predicted molar refractivity (Wildman–Crippen MR) is 53.2 cm³/mol. The monoisotopic (exact) mass is 222 g/mol. The lowest BCUT2D eigenvalue weighted by molar-refractivity contribution is 0.0443. The van der Waals surface area contributed by atoms with Gasteiger partial charge in [-0.2, -0.15) is 0 Å². The first-order valence-corrected chi connectivity index (χ1v) is 7.46. The quantitative estimate of drug-likeness (QED) is 0.673. The molecule has 0 aromatic heterocycles. The Hall–Kier alpha value is 0.240. The lowest BCUT2D eigenvalue weighted by atomic mass is 9.59. The summed E-state index contributed by atoms with van der Waals surface area (Å²) in [5.74, 6) is 2.06. The molecule has 0 heterocycles. The minimum atomic E-state index is -3.26. The molecule has 2 nitrogen and oxygen atoms in total. The molecule has 2 saturated carbocycles. The van der Waals surface area contributed by atoms with Crippen LogP contribution in [-0.4, -0.2) is 14.2 Å². The van der Waals surface area contributed by atoms with Crippen molar-refractivity contribution >= 4 is 19.7 Å². The van der Waals surface area contributed by atoms with E-state index in [1.54, 1.807) is 0 Å². The van der Waals surface area contributed by atoms with E-state index in [2.05, 4.69) is 0 Å². The molecule has 2 rings (SSSR count). The topological polar surface area (TPSA) is 34.1 Å². The molecule has 0 spiro atoms. The van der Waals surface area contributed by atoms with Crippen molar-refractivity contribution in [1.29, 1.82) is 0 Å². The van der Waals surface area contributed by atoms with Crippen LogP contribution in [0.4, 0.5) is 0 Å². The fraction of sp³-hybridized carbons (Fsp3) is 1.00. The standard InChI is InChI=1S/C9H15ClO2S/c10-13(11,12)6-8-5-7-3-1-2-4-9(7)8/h7-9H,1-6H2/t7-,8-,9-/m0/s1. The molecule has 0 bridgehead atoms. The Balaban J connectivity index is 1.91. The Morgan fingerprint density at radius 2 is 1.92 bits per heavy atom. The Labute approximate surface area is 84.1 Å². The van der Waals surface area contributed by atoms with Gasteiger partial charge in [-0.3, -0.25) is 0 Å². The van der Waals surface area contributed by atoms with Crippen LogP contribution in [0.15, 0.2) is 0 Å². The van der Waals surface area contributed by atoms with E-state index >= 15 is 0 Å². The molecule has 0 aromatic carbocycles. The molecule has 0 aromatic rings. The van der Waals surface area contributed by atoms with Crippen molar-refractivity contribution in [2.45, 2.75) is 32.1 Å². The SMILES string of the molecule is O=S(=O)(Cl)C[C@@H]1C[C@@H]2CCCC[C@@H]21. The average Bonchev–Trinajstić information content (AvgIpc) is 1.99. The fourth-order valence-corrected chi connectivity index (χ4v) is 4.34. The summed E-state index contributed by atoms with van der Waals surface area (Å²) in [5.41, 5.74) is 0. The maximum atomic E-state index is 10.9. The summed E-state index contributed by atoms with van der Waals surface area (Å²) in [4.78, 5) is 0. The van der Waals surface area contributed by atoms with Gasteiger partial charge in [0.25, 0.3) is 0 Å². The second kappa shape index (κ2) is 3.43. The van der Waals surface area contributed by atoms with Gasteiger partial charge in [0.05, 0.1) is 5.75 Å². The van der Waals surface area contributed by atoms with Crippen LogP contribution < -0.4 is 0 Å². The normalized spacial score (nSPS) is 39.3. The minimum absolute atomic E-state index is 0.204. The molecule has 0 N–H and O–H groups in total. The highest BCUT2D eigenvalue weighted by molar-refractivity contribution is 8.13. The van der Waals surface area contributed by atoms with Crippen LogP contribution >= 0.6 is 10.7 Å². The second-order valence-corrected chi connectivity index (χ2v) is 7.23. The van der Waals surface area contributed by atoms with E-state index in [1.807, 2.05) is 0 Å². The third kappa shape index (κ3) is 2.18. The summed E-state index contributed by atoms with van der Waals surface area (Å²) in [6.45, 7) is 0. The van der Waals surface area contributed by atoms with Crippen molar-refractivity contribution in [3.63, 3.8) is 0 Å². The first-order chi connectivity index (χ1) is 6.06. The highest BCUT2D eigenvalue weighted by atomic mass is 35.7. The molecule has 0 amide bonds. The number of fused-ring (bicyclic) bond motifs is 1. The van der Waals surface area contributed by atoms with Crippen LogP contribution in [0, 0.1) is 17.8 Å². The van der Waals surface area contributed by atoms with Gasteiger partial charge in [-0.25, -0.2) is 8.42 Å². The molecule has 3 atom stereocenters. The summed E-state index contributed by atoms with van der Waals surface area (Å²) in [7, 11) is 1.98. The summed E-state index contributed by atoms with van der Waals surface area (Å²) < 4.78 is 21.7. The van der Waals surface area contributed by atoms with Gasteiger partial charge < -0.3 is 0 Å². The molecule has 76 valence electrons. The molecule has 0 saturated heterocycles. The minimum Gasteiger partial charge on any atom is -0.212 e. The zero-order valence-corrected chi connectivity index (χ0v) is 9.15. The Bertz CT molecular complexity index is 286. The maximum absolute atomic E-state index is 10.9. The highest BCUT2D eigenvalue weighted by Gasteiger charge is 2.43. The van der Waals surface area contributed by atoms with Gasteiger partial charge in [0.1, 0.15) is 0 Å². The summed E-state index contributed by atoms with van der Waals surface area (Å²) in [5, 5.41) is 0. The second-order valence-electron chi connectivity index (χ2n) is 4.41. The van der Waals surface area contributed by atoms with E-state index in [9.17, 15) is 8.42 Å². The van der Waals surface area contributed by atoms with E-state index in [0.29, 0.717) is 11.8 Å². The molecular formula is C9H15ClO2S.